The quantitative estimate of drug-likeness (QED) is 0.483. The van der Waals surface area contributed by atoms with Crippen LogP contribution in [0.25, 0.3) is 11.6 Å². The first-order valence-corrected chi connectivity index (χ1v) is 8.02. The fraction of sp³-hybridized carbons (Fsp3) is 0.0476. The molecule has 1 atom stereocenters. The Kier molecular flexibility index (Phi) is 3.51. The highest BCUT2D eigenvalue weighted by molar-refractivity contribution is 5.95. The molecule has 0 unspecified atom stereocenters. The third kappa shape index (κ3) is 2.59. The number of allylic oxidation sites excluding steroid dienone is 1. The minimum atomic E-state index is -0.451. The molecule has 0 bridgehead atoms. The van der Waals surface area contributed by atoms with Gasteiger partial charge in [-0.05, 0) is 58.7 Å². The zero-order valence-corrected chi connectivity index (χ0v) is 13.6. The van der Waals surface area contributed by atoms with Gasteiger partial charge < -0.3 is 25.5 Å². The summed E-state index contributed by atoms with van der Waals surface area (Å²) in [6.45, 7) is 0. The summed E-state index contributed by atoms with van der Waals surface area (Å²) in [4.78, 5) is 0. The summed E-state index contributed by atoms with van der Waals surface area (Å²) in [6, 6.07) is 13.7. The van der Waals surface area contributed by atoms with E-state index in [1.54, 1.807) is 30.3 Å². The van der Waals surface area contributed by atoms with Crippen molar-refractivity contribution in [3.8, 4) is 28.7 Å². The van der Waals surface area contributed by atoms with E-state index in [0.29, 0.717) is 16.7 Å². The van der Waals surface area contributed by atoms with E-state index in [0.717, 1.165) is 11.1 Å². The van der Waals surface area contributed by atoms with Crippen LogP contribution >= 0.6 is 0 Å². The first-order valence-electron chi connectivity index (χ1n) is 8.02. The lowest BCUT2D eigenvalue weighted by atomic mass is 9.84. The van der Waals surface area contributed by atoms with E-state index < -0.39 is 5.92 Å². The lowest BCUT2D eigenvalue weighted by molar-refractivity contribution is 0.443. The standard InChI is InChI=1S/C21H16O5/c22-14-3-1-11(2-4-14)18-8-13-7-17(25)10-19(26)21(13)20(18)12-5-15(23)9-16(24)6-12/h1-10,20,22-26H/t20-/m0/s1. The third-order valence-corrected chi connectivity index (χ3v) is 4.54. The maximum absolute atomic E-state index is 10.4. The number of benzene rings is 3. The first kappa shape index (κ1) is 15.9. The lowest BCUT2D eigenvalue weighted by Gasteiger charge is -2.19. The number of rotatable bonds is 2. The molecule has 1 aliphatic rings. The summed E-state index contributed by atoms with van der Waals surface area (Å²) < 4.78 is 0. The fourth-order valence-electron chi connectivity index (χ4n) is 3.52. The number of fused-ring (bicyclic) bond motifs is 1. The zero-order valence-electron chi connectivity index (χ0n) is 13.6. The molecule has 0 radical (unpaired) electrons. The van der Waals surface area contributed by atoms with Crippen molar-refractivity contribution in [1.29, 1.82) is 0 Å². The molecule has 0 amide bonds. The Morgan fingerprint density at radius 3 is 1.88 bits per heavy atom. The molecule has 26 heavy (non-hydrogen) atoms. The average Bonchev–Trinajstić information content (AvgIpc) is 2.94. The zero-order chi connectivity index (χ0) is 18.4. The summed E-state index contributed by atoms with van der Waals surface area (Å²) in [6.07, 6.45) is 1.84. The Hall–Kier alpha value is -3.60. The summed E-state index contributed by atoms with van der Waals surface area (Å²) in [5, 5.41) is 49.6. The van der Waals surface area contributed by atoms with Crippen molar-refractivity contribution < 1.29 is 25.5 Å². The van der Waals surface area contributed by atoms with Gasteiger partial charge in [0, 0.05) is 23.6 Å². The largest absolute Gasteiger partial charge is 0.508 e. The Balaban J connectivity index is 1.95. The molecule has 0 spiro atoms. The molecule has 0 fully saturated rings. The smallest absolute Gasteiger partial charge is 0.124 e. The second-order valence-electron chi connectivity index (χ2n) is 6.33. The highest BCUT2D eigenvalue weighted by Crippen LogP contribution is 2.51. The molecule has 0 saturated carbocycles. The summed E-state index contributed by atoms with van der Waals surface area (Å²) >= 11 is 0. The Bertz CT molecular complexity index is 1010. The Morgan fingerprint density at radius 2 is 1.23 bits per heavy atom. The molecule has 5 heteroatoms. The van der Waals surface area contributed by atoms with Gasteiger partial charge in [-0.15, -0.1) is 0 Å². The van der Waals surface area contributed by atoms with Gasteiger partial charge in [-0.1, -0.05) is 12.1 Å². The minimum absolute atomic E-state index is 0.0537. The van der Waals surface area contributed by atoms with Crippen LogP contribution in [0.5, 0.6) is 28.7 Å². The van der Waals surface area contributed by atoms with E-state index in [4.69, 9.17) is 0 Å². The van der Waals surface area contributed by atoms with E-state index in [-0.39, 0.29) is 28.7 Å². The second-order valence-corrected chi connectivity index (χ2v) is 6.33. The molecule has 3 aromatic carbocycles. The summed E-state index contributed by atoms with van der Waals surface area (Å²) in [5.74, 6) is -0.613. The van der Waals surface area contributed by atoms with Gasteiger partial charge in [-0.25, -0.2) is 0 Å². The monoisotopic (exact) mass is 348 g/mol. The number of hydrogen-bond acceptors (Lipinski definition) is 5. The van der Waals surface area contributed by atoms with E-state index in [2.05, 4.69) is 0 Å². The maximum Gasteiger partial charge on any atom is 0.124 e. The van der Waals surface area contributed by atoms with Gasteiger partial charge in [0.2, 0.25) is 0 Å². The summed E-state index contributed by atoms with van der Waals surface area (Å²) in [7, 11) is 0. The number of aromatic hydroxyl groups is 5. The highest BCUT2D eigenvalue weighted by Gasteiger charge is 2.31. The van der Waals surface area contributed by atoms with Crippen LogP contribution in [0.4, 0.5) is 0 Å². The van der Waals surface area contributed by atoms with Crippen molar-refractivity contribution in [2.45, 2.75) is 5.92 Å². The molecule has 5 N–H and O–H groups in total. The van der Waals surface area contributed by atoms with E-state index in [1.165, 1.54) is 24.3 Å². The molecule has 1 aliphatic carbocycles. The number of hydrogen-bond donors (Lipinski definition) is 5. The fourth-order valence-corrected chi connectivity index (χ4v) is 3.52. The number of phenols is 5. The van der Waals surface area contributed by atoms with Crippen LogP contribution in [-0.4, -0.2) is 25.5 Å². The topological polar surface area (TPSA) is 101 Å². The van der Waals surface area contributed by atoms with Crippen molar-refractivity contribution in [2.24, 2.45) is 0 Å². The molecule has 5 nitrogen and oxygen atoms in total. The van der Waals surface area contributed by atoms with Crippen LogP contribution in [-0.2, 0) is 0 Å². The van der Waals surface area contributed by atoms with Crippen LogP contribution in [0.3, 0.4) is 0 Å². The molecule has 0 heterocycles. The normalized spacial score (nSPS) is 15.5. The molecule has 0 aromatic heterocycles. The van der Waals surface area contributed by atoms with Gasteiger partial charge in [0.25, 0.3) is 0 Å². The van der Waals surface area contributed by atoms with Crippen LogP contribution in [0.2, 0.25) is 0 Å². The molecular weight excluding hydrogens is 332 g/mol. The van der Waals surface area contributed by atoms with Crippen molar-refractivity contribution in [3.63, 3.8) is 0 Å². The predicted octanol–water partition coefficient (Wildman–Crippen LogP) is 3.90. The van der Waals surface area contributed by atoms with Crippen molar-refractivity contribution in [2.75, 3.05) is 0 Å². The molecule has 3 aromatic rings. The van der Waals surface area contributed by atoms with Gasteiger partial charge in [-0.3, -0.25) is 0 Å². The second kappa shape index (κ2) is 5.74. The van der Waals surface area contributed by atoms with Crippen LogP contribution < -0.4 is 0 Å². The van der Waals surface area contributed by atoms with Gasteiger partial charge in [0.15, 0.2) is 0 Å². The van der Waals surface area contributed by atoms with Gasteiger partial charge in [0.1, 0.15) is 28.7 Å². The van der Waals surface area contributed by atoms with Crippen molar-refractivity contribution in [1.82, 2.24) is 0 Å². The number of phenolic OH excluding ortho intramolecular Hbond substituents is 5. The maximum atomic E-state index is 10.4. The van der Waals surface area contributed by atoms with Crippen molar-refractivity contribution >= 4 is 11.6 Å². The van der Waals surface area contributed by atoms with Gasteiger partial charge in [0.05, 0.1) is 0 Å². The van der Waals surface area contributed by atoms with E-state index in [1.807, 2.05) is 6.08 Å². The Labute approximate surface area is 149 Å². The van der Waals surface area contributed by atoms with E-state index >= 15 is 0 Å². The van der Waals surface area contributed by atoms with Gasteiger partial charge >= 0.3 is 0 Å². The SMILES string of the molecule is Oc1ccc(C2=Cc3cc(O)cc(O)c3[C@H]2c2cc(O)cc(O)c2)cc1. The molecule has 0 saturated heterocycles. The first-order chi connectivity index (χ1) is 12.4. The highest BCUT2D eigenvalue weighted by atomic mass is 16.3. The van der Waals surface area contributed by atoms with Crippen LogP contribution in [0, 0.1) is 0 Å². The van der Waals surface area contributed by atoms with Crippen LogP contribution in [0.15, 0.2) is 54.6 Å². The van der Waals surface area contributed by atoms with Crippen molar-refractivity contribution in [3.05, 3.63) is 76.9 Å². The predicted molar refractivity (Wildman–Crippen MR) is 97.4 cm³/mol. The Morgan fingerprint density at radius 1 is 0.615 bits per heavy atom. The lowest BCUT2D eigenvalue weighted by Crippen LogP contribution is -2.02. The molecule has 0 aliphatic heterocycles. The van der Waals surface area contributed by atoms with Crippen LogP contribution in [0.1, 0.15) is 28.2 Å². The molecule has 4 rings (SSSR count). The average molecular weight is 348 g/mol. The van der Waals surface area contributed by atoms with Gasteiger partial charge in [-0.2, -0.15) is 0 Å². The molecule has 130 valence electrons. The third-order valence-electron chi connectivity index (χ3n) is 4.54. The molecular formula is C21H16O5. The van der Waals surface area contributed by atoms with E-state index in [9.17, 15) is 25.5 Å². The minimum Gasteiger partial charge on any atom is -0.508 e. The summed E-state index contributed by atoms with van der Waals surface area (Å²) in [5.41, 5.74) is 3.45.